The van der Waals surface area contributed by atoms with Gasteiger partial charge in [0.25, 0.3) is 0 Å². The number of aliphatic hydroxyl groups is 1. The molecule has 0 amide bonds. The highest BCUT2D eigenvalue weighted by Crippen LogP contribution is 2.30. The third kappa shape index (κ3) is 3.47. The smallest absolute Gasteiger partial charge is 0.133 e. The lowest BCUT2D eigenvalue weighted by Crippen LogP contribution is -2.17. The van der Waals surface area contributed by atoms with Crippen molar-refractivity contribution >= 4 is 15.9 Å². The number of rotatable bonds is 5. The number of aliphatic hydroxyl groups excluding tert-OH is 1. The summed E-state index contributed by atoms with van der Waals surface area (Å²) >= 11 is 3.44. The Kier molecular flexibility index (Phi) is 5.25. The summed E-state index contributed by atoms with van der Waals surface area (Å²) in [5, 5.41) is 9.39. The highest BCUT2D eigenvalue weighted by molar-refractivity contribution is 9.10. The Bertz CT molecular complexity index is 342. The van der Waals surface area contributed by atoms with Gasteiger partial charge in [-0.15, -0.1) is 0 Å². The van der Waals surface area contributed by atoms with Gasteiger partial charge in [0.2, 0.25) is 0 Å². The van der Waals surface area contributed by atoms with Crippen molar-refractivity contribution in [2.75, 3.05) is 13.7 Å². The van der Waals surface area contributed by atoms with E-state index in [1.54, 1.807) is 14.0 Å². The highest BCUT2D eigenvalue weighted by Gasteiger charge is 2.14. The van der Waals surface area contributed by atoms with Crippen molar-refractivity contribution in [2.45, 2.75) is 25.4 Å². The molecule has 0 aromatic heterocycles. The van der Waals surface area contributed by atoms with Crippen LogP contribution < -0.4 is 10.5 Å². The number of benzene rings is 1. The van der Waals surface area contributed by atoms with Crippen LogP contribution in [-0.2, 0) is 0 Å². The SMILES string of the molecule is COc1ccc(C(CN)CC(C)O)cc1Br. The van der Waals surface area contributed by atoms with Gasteiger partial charge in [-0.2, -0.15) is 0 Å². The van der Waals surface area contributed by atoms with Crippen LogP contribution in [0.5, 0.6) is 5.75 Å². The molecule has 0 radical (unpaired) electrons. The van der Waals surface area contributed by atoms with Gasteiger partial charge in [-0.3, -0.25) is 0 Å². The molecule has 4 heteroatoms. The molecule has 0 aliphatic rings. The molecule has 1 rings (SSSR count). The third-order valence-corrected chi connectivity index (χ3v) is 3.18. The highest BCUT2D eigenvalue weighted by atomic mass is 79.9. The largest absolute Gasteiger partial charge is 0.496 e. The summed E-state index contributed by atoms with van der Waals surface area (Å²) in [6, 6.07) is 5.90. The predicted octanol–water partition coefficient (Wildman–Crippen LogP) is 2.27. The van der Waals surface area contributed by atoms with E-state index in [0.29, 0.717) is 13.0 Å². The molecule has 0 saturated carbocycles. The number of ether oxygens (including phenoxy) is 1. The zero-order valence-electron chi connectivity index (χ0n) is 9.61. The first-order chi connectivity index (χ1) is 7.58. The summed E-state index contributed by atoms with van der Waals surface area (Å²) in [5.41, 5.74) is 6.84. The van der Waals surface area contributed by atoms with E-state index in [-0.39, 0.29) is 12.0 Å². The number of halogens is 1. The standard InChI is InChI=1S/C12H18BrNO2/c1-8(15)5-10(7-14)9-3-4-12(16-2)11(13)6-9/h3-4,6,8,10,15H,5,7,14H2,1-2H3. The molecule has 1 aromatic carbocycles. The van der Waals surface area contributed by atoms with Gasteiger partial charge in [-0.1, -0.05) is 6.07 Å². The molecule has 0 aliphatic carbocycles. The number of hydrogen-bond acceptors (Lipinski definition) is 3. The Morgan fingerprint density at radius 3 is 2.62 bits per heavy atom. The molecule has 2 unspecified atom stereocenters. The van der Waals surface area contributed by atoms with Crippen LogP contribution in [0.2, 0.25) is 0 Å². The van der Waals surface area contributed by atoms with Crippen LogP contribution in [0.4, 0.5) is 0 Å². The first-order valence-corrected chi connectivity index (χ1v) is 6.09. The first kappa shape index (κ1) is 13.5. The maximum Gasteiger partial charge on any atom is 0.133 e. The Balaban J connectivity index is 2.89. The molecule has 0 bridgehead atoms. The van der Waals surface area contributed by atoms with E-state index < -0.39 is 0 Å². The van der Waals surface area contributed by atoms with Gasteiger partial charge < -0.3 is 15.6 Å². The van der Waals surface area contributed by atoms with Crippen molar-refractivity contribution < 1.29 is 9.84 Å². The lowest BCUT2D eigenvalue weighted by atomic mass is 9.93. The molecule has 3 nitrogen and oxygen atoms in total. The van der Waals surface area contributed by atoms with Crippen LogP contribution in [0.15, 0.2) is 22.7 Å². The topological polar surface area (TPSA) is 55.5 Å². The lowest BCUT2D eigenvalue weighted by Gasteiger charge is -2.17. The van der Waals surface area contributed by atoms with Crippen molar-refractivity contribution in [3.05, 3.63) is 28.2 Å². The Morgan fingerprint density at radius 2 is 2.19 bits per heavy atom. The van der Waals surface area contributed by atoms with Gasteiger partial charge in [0.15, 0.2) is 0 Å². The second-order valence-corrected chi connectivity index (χ2v) is 4.77. The summed E-state index contributed by atoms with van der Waals surface area (Å²) in [7, 11) is 1.63. The van der Waals surface area contributed by atoms with Gasteiger partial charge in [-0.25, -0.2) is 0 Å². The zero-order valence-corrected chi connectivity index (χ0v) is 11.2. The molecule has 90 valence electrons. The monoisotopic (exact) mass is 287 g/mol. The molecular weight excluding hydrogens is 270 g/mol. The van der Waals surface area contributed by atoms with Crippen LogP contribution in [-0.4, -0.2) is 24.9 Å². The minimum atomic E-state index is -0.338. The molecule has 16 heavy (non-hydrogen) atoms. The maximum atomic E-state index is 9.39. The normalized spacial score (nSPS) is 14.6. The molecule has 3 N–H and O–H groups in total. The van der Waals surface area contributed by atoms with Gasteiger partial charge in [0.1, 0.15) is 5.75 Å². The van der Waals surface area contributed by atoms with Crippen LogP contribution in [0.25, 0.3) is 0 Å². The van der Waals surface area contributed by atoms with Gasteiger partial charge in [-0.05, 0) is 59.4 Å². The minimum absolute atomic E-state index is 0.183. The fourth-order valence-corrected chi connectivity index (χ4v) is 2.28. The van der Waals surface area contributed by atoms with Gasteiger partial charge >= 0.3 is 0 Å². The van der Waals surface area contributed by atoms with Crippen molar-refractivity contribution in [1.82, 2.24) is 0 Å². The molecular formula is C12H18BrNO2. The van der Waals surface area contributed by atoms with E-state index >= 15 is 0 Å². The number of nitrogens with two attached hydrogens (primary N) is 1. The summed E-state index contributed by atoms with van der Waals surface area (Å²) in [4.78, 5) is 0. The third-order valence-electron chi connectivity index (χ3n) is 2.56. The van der Waals surface area contributed by atoms with Crippen LogP contribution in [0.3, 0.4) is 0 Å². The van der Waals surface area contributed by atoms with Crippen LogP contribution >= 0.6 is 15.9 Å². The average Bonchev–Trinajstić information content (AvgIpc) is 2.25. The fraction of sp³-hybridized carbons (Fsp3) is 0.500. The van der Waals surface area contributed by atoms with Crippen molar-refractivity contribution in [3.8, 4) is 5.75 Å². The first-order valence-electron chi connectivity index (χ1n) is 5.30. The molecule has 0 fully saturated rings. The summed E-state index contributed by atoms with van der Waals surface area (Å²) in [5.74, 6) is 0.985. The molecule has 0 spiro atoms. The van der Waals surface area contributed by atoms with Crippen molar-refractivity contribution in [2.24, 2.45) is 5.73 Å². The Hall–Kier alpha value is -0.580. The van der Waals surface area contributed by atoms with E-state index in [9.17, 15) is 5.11 Å². The maximum absolute atomic E-state index is 9.39. The summed E-state index contributed by atoms with van der Waals surface area (Å²) < 4.78 is 6.08. The summed E-state index contributed by atoms with van der Waals surface area (Å²) in [6.45, 7) is 2.31. The Labute approximate surface area is 105 Å². The number of hydrogen-bond donors (Lipinski definition) is 2. The van der Waals surface area contributed by atoms with Gasteiger partial charge in [0, 0.05) is 0 Å². The summed E-state index contributed by atoms with van der Waals surface area (Å²) in [6.07, 6.45) is 0.337. The zero-order chi connectivity index (χ0) is 12.1. The molecule has 2 atom stereocenters. The average molecular weight is 288 g/mol. The van der Waals surface area contributed by atoms with E-state index in [0.717, 1.165) is 15.8 Å². The van der Waals surface area contributed by atoms with Gasteiger partial charge in [0.05, 0.1) is 17.7 Å². The van der Waals surface area contributed by atoms with Crippen LogP contribution in [0.1, 0.15) is 24.8 Å². The van der Waals surface area contributed by atoms with E-state index in [4.69, 9.17) is 10.5 Å². The lowest BCUT2D eigenvalue weighted by molar-refractivity contribution is 0.175. The van der Waals surface area contributed by atoms with E-state index in [1.165, 1.54) is 0 Å². The Morgan fingerprint density at radius 1 is 1.50 bits per heavy atom. The second-order valence-electron chi connectivity index (χ2n) is 3.91. The fourth-order valence-electron chi connectivity index (χ4n) is 1.72. The molecule has 0 heterocycles. The molecule has 0 aliphatic heterocycles. The quantitative estimate of drug-likeness (QED) is 0.874. The van der Waals surface area contributed by atoms with E-state index in [1.807, 2.05) is 18.2 Å². The van der Waals surface area contributed by atoms with Crippen molar-refractivity contribution in [3.63, 3.8) is 0 Å². The molecule has 0 saturated heterocycles. The second kappa shape index (κ2) is 6.23. The predicted molar refractivity (Wildman–Crippen MR) is 68.8 cm³/mol. The minimum Gasteiger partial charge on any atom is -0.496 e. The van der Waals surface area contributed by atoms with Crippen LogP contribution in [0, 0.1) is 0 Å². The molecule has 1 aromatic rings. The number of methoxy groups -OCH3 is 1. The van der Waals surface area contributed by atoms with Crippen molar-refractivity contribution in [1.29, 1.82) is 0 Å². The van der Waals surface area contributed by atoms with E-state index in [2.05, 4.69) is 15.9 Å².